The maximum Gasteiger partial charge on any atom is 0.323 e. The van der Waals surface area contributed by atoms with Crippen molar-refractivity contribution in [2.24, 2.45) is 17.4 Å². The van der Waals surface area contributed by atoms with Gasteiger partial charge in [0.1, 0.15) is 30.4 Å². The number of aliphatic hydroxyl groups is 2. The van der Waals surface area contributed by atoms with E-state index < -0.39 is 42.5 Å². The van der Waals surface area contributed by atoms with Gasteiger partial charge in [-0.2, -0.15) is 4.57 Å². The Kier molecular flexibility index (Phi) is 7.91. The average Bonchev–Trinajstić information content (AvgIpc) is 2.87. The highest BCUT2D eigenvalue weighted by Crippen LogP contribution is 2.25. The summed E-state index contributed by atoms with van der Waals surface area (Å²) < 4.78 is 12.1. The molecule has 6 N–H and O–H groups in total. The lowest BCUT2D eigenvalue weighted by Gasteiger charge is -2.17. The van der Waals surface area contributed by atoms with Crippen LogP contribution in [0.5, 0.6) is 0 Å². The van der Waals surface area contributed by atoms with Gasteiger partial charge in [0.2, 0.25) is 0 Å². The fourth-order valence-electron chi connectivity index (χ4n) is 2.44. The van der Waals surface area contributed by atoms with Gasteiger partial charge in [0.15, 0.2) is 18.5 Å². The number of pyridine rings is 1. The van der Waals surface area contributed by atoms with Crippen molar-refractivity contribution in [1.29, 1.82) is 0 Å². The maximum atomic E-state index is 11.8. The van der Waals surface area contributed by atoms with E-state index in [1.54, 1.807) is 26.1 Å². The van der Waals surface area contributed by atoms with E-state index in [-0.39, 0.29) is 30.5 Å². The zero-order valence-electron chi connectivity index (χ0n) is 14.5. The van der Waals surface area contributed by atoms with Crippen LogP contribution in [0, 0.1) is 5.92 Å². The second-order valence-corrected chi connectivity index (χ2v) is 6.35. The van der Waals surface area contributed by atoms with Gasteiger partial charge in [-0.1, -0.05) is 13.8 Å². The number of aromatic nitrogens is 1. The largest absolute Gasteiger partial charge is 1.00 e. The first-order valence-corrected chi connectivity index (χ1v) is 7.96. The number of halogens is 1. The summed E-state index contributed by atoms with van der Waals surface area (Å²) in [5.41, 5.74) is 11.2. The van der Waals surface area contributed by atoms with Crippen molar-refractivity contribution in [3.05, 3.63) is 30.1 Å². The van der Waals surface area contributed by atoms with E-state index >= 15 is 0 Å². The van der Waals surface area contributed by atoms with Gasteiger partial charge in [-0.15, -0.1) is 0 Å². The van der Waals surface area contributed by atoms with Crippen LogP contribution in [0.3, 0.4) is 0 Å². The van der Waals surface area contributed by atoms with Crippen molar-refractivity contribution in [2.75, 3.05) is 6.61 Å². The van der Waals surface area contributed by atoms with Crippen LogP contribution in [0.2, 0.25) is 0 Å². The molecule has 0 radical (unpaired) electrons. The summed E-state index contributed by atoms with van der Waals surface area (Å²) >= 11 is 0. The average molecular weight is 390 g/mol. The van der Waals surface area contributed by atoms with Gasteiger partial charge >= 0.3 is 5.97 Å². The SMILES string of the molecule is CC(C)[C@H](N)C(=O)OC[C@H]1O[C@@H]([n+]2cccc(C(N)=O)c2)[C@H](O)[C@@H]1O.[Cl-]. The molecular formula is C16H24ClN3O6. The van der Waals surface area contributed by atoms with Crippen LogP contribution in [0.15, 0.2) is 24.5 Å². The van der Waals surface area contributed by atoms with Crippen molar-refractivity contribution in [1.82, 2.24) is 0 Å². The van der Waals surface area contributed by atoms with Crippen LogP contribution >= 0.6 is 0 Å². The summed E-state index contributed by atoms with van der Waals surface area (Å²) in [5.74, 6) is -1.32. The Morgan fingerprint density at radius 3 is 2.58 bits per heavy atom. The third-order valence-corrected chi connectivity index (χ3v) is 4.12. The number of nitrogens with zero attached hydrogens (tertiary/aromatic N) is 1. The molecule has 5 atom stereocenters. The molecule has 1 aliphatic rings. The van der Waals surface area contributed by atoms with Crippen LogP contribution in [-0.4, -0.2) is 53.1 Å². The summed E-state index contributed by atoms with van der Waals surface area (Å²) in [6.07, 6.45) is -1.43. The highest BCUT2D eigenvalue weighted by atomic mass is 35.5. The monoisotopic (exact) mass is 389 g/mol. The number of esters is 1. The Morgan fingerprint density at radius 1 is 1.35 bits per heavy atom. The van der Waals surface area contributed by atoms with Crippen LogP contribution < -0.4 is 28.4 Å². The molecule has 2 rings (SSSR count). The van der Waals surface area contributed by atoms with Crippen LogP contribution in [0.25, 0.3) is 0 Å². The van der Waals surface area contributed by atoms with Gasteiger partial charge in [-0.3, -0.25) is 9.59 Å². The molecule has 1 aromatic rings. The van der Waals surface area contributed by atoms with Crippen LogP contribution in [-0.2, 0) is 14.3 Å². The lowest BCUT2D eigenvalue weighted by Crippen LogP contribution is -3.00. The van der Waals surface area contributed by atoms with Crippen molar-refractivity contribution < 1.29 is 46.2 Å². The van der Waals surface area contributed by atoms with Gasteiger partial charge < -0.3 is 43.6 Å². The predicted molar refractivity (Wildman–Crippen MR) is 84.9 cm³/mol. The maximum absolute atomic E-state index is 11.8. The summed E-state index contributed by atoms with van der Waals surface area (Å²) in [5, 5.41) is 20.3. The zero-order chi connectivity index (χ0) is 18.7. The van der Waals surface area contributed by atoms with E-state index in [1.807, 2.05) is 0 Å². The third-order valence-electron chi connectivity index (χ3n) is 4.12. The van der Waals surface area contributed by atoms with E-state index in [1.165, 1.54) is 16.8 Å². The Bertz CT molecular complexity index is 644. The fraction of sp³-hybridized carbons (Fsp3) is 0.562. The minimum atomic E-state index is -1.27. The molecule has 1 aliphatic heterocycles. The normalized spacial score (nSPS) is 26.2. The van der Waals surface area contributed by atoms with Crippen molar-refractivity contribution >= 4 is 11.9 Å². The van der Waals surface area contributed by atoms with E-state index in [4.69, 9.17) is 20.9 Å². The van der Waals surface area contributed by atoms with Gasteiger partial charge in [0.05, 0.1) is 0 Å². The standard InChI is InChI=1S/C16H23N3O6.ClH/c1-8(2)11(17)16(23)24-7-10-12(20)13(21)15(25-10)19-5-3-4-9(6-19)14(18)22;/h3-6,8,10-13,15,20-21H,7,17H2,1-2H3,(H-,18,22);1H/t10-,11+,12-,13-,15-;/m1./s1. The van der Waals surface area contributed by atoms with Gasteiger partial charge in [-0.25, -0.2) is 0 Å². The molecule has 0 aromatic carbocycles. The molecule has 9 nitrogen and oxygen atoms in total. The molecule has 146 valence electrons. The van der Waals surface area contributed by atoms with E-state index in [0.29, 0.717) is 0 Å². The molecule has 1 fully saturated rings. The number of aliphatic hydroxyl groups excluding tert-OH is 2. The molecule has 0 aliphatic carbocycles. The molecule has 0 saturated carbocycles. The van der Waals surface area contributed by atoms with Gasteiger partial charge in [0, 0.05) is 6.07 Å². The Labute approximate surface area is 157 Å². The Hall–Kier alpha value is -1.78. The fourth-order valence-corrected chi connectivity index (χ4v) is 2.44. The number of rotatable bonds is 6. The number of hydrogen-bond donors (Lipinski definition) is 4. The van der Waals surface area contributed by atoms with Crippen molar-refractivity contribution in [3.63, 3.8) is 0 Å². The summed E-state index contributed by atoms with van der Waals surface area (Å²) in [7, 11) is 0. The molecule has 1 amide bonds. The number of ether oxygens (including phenoxy) is 2. The molecule has 0 unspecified atom stereocenters. The topological polar surface area (TPSA) is 149 Å². The molecule has 2 heterocycles. The van der Waals surface area contributed by atoms with Crippen LogP contribution in [0.1, 0.15) is 30.4 Å². The number of hydrogen-bond acceptors (Lipinski definition) is 7. The number of nitrogens with two attached hydrogens (primary N) is 2. The van der Waals surface area contributed by atoms with Gasteiger partial charge in [-0.05, 0) is 12.0 Å². The number of carbonyl (C=O) groups excluding carboxylic acids is 2. The van der Waals surface area contributed by atoms with E-state index in [2.05, 4.69) is 0 Å². The molecule has 1 saturated heterocycles. The van der Waals surface area contributed by atoms with Crippen LogP contribution in [0.4, 0.5) is 0 Å². The second kappa shape index (κ2) is 9.24. The number of carbonyl (C=O) groups is 2. The van der Waals surface area contributed by atoms with Crippen molar-refractivity contribution in [2.45, 2.75) is 44.4 Å². The lowest BCUT2D eigenvalue weighted by molar-refractivity contribution is -0.765. The summed E-state index contributed by atoms with van der Waals surface area (Å²) in [6.45, 7) is 3.33. The quantitative estimate of drug-likeness (QED) is 0.282. The van der Waals surface area contributed by atoms with Crippen molar-refractivity contribution in [3.8, 4) is 0 Å². The highest BCUT2D eigenvalue weighted by Gasteiger charge is 2.48. The summed E-state index contributed by atoms with van der Waals surface area (Å²) in [4.78, 5) is 23.1. The molecular weight excluding hydrogens is 366 g/mol. The summed E-state index contributed by atoms with van der Waals surface area (Å²) in [6, 6.07) is 2.31. The molecule has 1 aromatic heterocycles. The first-order valence-electron chi connectivity index (χ1n) is 7.96. The first-order chi connectivity index (χ1) is 11.7. The second-order valence-electron chi connectivity index (χ2n) is 6.35. The van der Waals surface area contributed by atoms with E-state index in [0.717, 1.165) is 0 Å². The number of amides is 1. The molecule has 0 bridgehead atoms. The minimum Gasteiger partial charge on any atom is -1.00 e. The molecule has 0 spiro atoms. The van der Waals surface area contributed by atoms with E-state index in [9.17, 15) is 19.8 Å². The molecule has 26 heavy (non-hydrogen) atoms. The predicted octanol–water partition coefficient (Wildman–Crippen LogP) is -4.78. The van der Waals surface area contributed by atoms with Gasteiger partial charge in [0.25, 0.3) is 12.1 Å². The lowest BCUT2D eigenvalue weighted by atomic mass is 10.1. The molecule has 10 heteroatoms. The smallest absolute Gasteiger partial charge is 0.323 e. The minimum absolute atomic E-state index is 0. The number of primary amides is 1. The Balaban J connectivity index is 0.00000338. The highest BCUT2D eigenvalue weighted by molar-refractivity contribution is 5.92. The zero-order valence-corrected chi connectivity index (χ0v) is 15.2. The Morgan fingerprint density at radius 2 is 2.00 bits per heavy atom. The third kappa shape index (κ3) is 4.89. The first kappa shape index (κ1) is 22.3.